The van der Waals surface area contributed by atoms with E-state index in [0.29, 0.717) is 0 Å². The van der Waals surface area contributed by atoms with Crippen molar-refractivity contribution < 1.29 is 44.2 Å². The maximum Gasteiger partial charge on any atom is 0.366 e. The smallest absolute Gasteiger partial charge is 0.366 e. The number of nitrogens with one attached hydrogen (secondary N) is 1. The standard InChI is InChI=1S/C13H23NO9/c1-6(16)14-9-8(21-2)4-13(20,12(19)22-3)23-11(9)10(18)7(17)5-15/h7-11,15,17-18,20H,4-5H2,1-3H3,(H,14,16)/t7-,8+,9-,10-,11-,13-/m1/s1. The Morgan fingerprint density at radius 1 is 1.39 bits per heavy atom. The molecule has 1 heterocycles. The molecule has 0 unspecified atom stereocenters. The van der Waals surface area contributed by atoms with Crippen molar-refractivity contribution in [2.75, 3.05) is 20.8 Å². The molecule has 134 valence electrons. The molecule has 0 aromatic carbocycles. The lowest BCUT2D eigenvalue weighted by atomic mass is 9.88. The van der Waals surface area contributed by atoms with Crippen molar-refractivity contribution in [3.05, 3.63) is 0 Å². The molecule has 10 heteroatoms. The molecule has 1 fully saturated rings. The predicted molar refractivity (Wildman–Crippen MR) is 74.0 cm³/mol. The summed E-state index contributed by atoms with van der Waals surface area (Å²) in [5.41, 5.74) is 0. The molecule has 0 aromatic rings. The highest BCUT2D eigenvalue weighted by molar-refractivity contribution is 5.78. The van der Waals surface area contributed by atoms with Gasteiger partial charge in [0.25, 0.3) is 5.79 Å². The Morgan fingerprint density at radius 2 is 2.00 bits per heavy atom. The van der Waals surface area contributed by atoms with E-state index in [1.165, 1.54) is 14.0 Å². The van der Waals surface area contributed by atoms with E-state index in [0.717, 1.165) is 7.11 Å². The molecule has 1 saturated heterocycles. The van der Waals surface area contributed by atoms with Crippen LogP contribution < -0.4 is 5.32 Å². The van der Waals surface area contributed by atoms with Gasteiger partial charge in [0, 0.05) is 20.5 Å². The van der Waals surface area contributed by atoms with Crippen LogP contribution in [0, 0.1) is 0 Å². The molecule has 5 N–H and O–H groups in total. The Hall–Kier alpha value is -1.30. The number of rotatable bonds is 6. The second kappa shape index (κ2) is 7.99. The second-order valence-electron chi connectivity index (χ2n) is 5.30. The van der Waals surface area contributed by atoms with Crippen LogP contribution in [0.5, 0.6) is 0 Å². The molecule has 0 radical (unpaired) electrons. The Bertz CT molecular complexity index is 432. The van der Waals surface area contributed by atoms with Crippen LogP contribution in [0.25, 0.3) is 0 Å². The van der Waals surface area contributed by atoms with E-state index in [1.54, 1.807) is 0 Å². The Balaban J connectivity index is 3.17. The van der Waals surface area contributed by atoms with Crippen LogP contribution in [0.4, 0.5) is 0 Å². The van der Waals surface area contributed by atoms with Crippen molar-refractivity contribution in [3.8, 4) is 0 Å². The fourth-order valence-electron chi connectivity index (χ4n) is 2.50. The van der Waals surface area contributed by atoms with Crippen LogP contribution in [0.1, 0.15) is 13.3 Å². The van der Waals surface area contributed by atoms with Gasteiger partial charge in [0.05, 0.1) is 25.9 Å². The number of amides is 1. The largest absolute Gasteiger partial charge is 0.465 e. The number of ether oxygens (including phenoxy) is 3. The topological polar surface area (TPSA) is 155 Å². The Kier molecular flexibility index (Phi) is 6.86. The molecule has 6 atom stereocenters. The first-order valence-electron chi connectivity index (χ1n) is 6.95. The third kappa shape index (κ3) is 4.37. The van der Waals surface area contributed by atoms with Crippen molar-refractivity contribution in [2.24, 2.45) is 0 Å². The molecule has 0 aliphatic carbocycles. The van der Waals surface area contributed by atoms with Gasteiger partial charge in [-0.2, -0.15) is 0 Å². The molecular formula is C13H23NO9. The highest BCUT2D eigenvalue weighted by atomic mass is 16.7. The summed E-state index contributed by atoms with van der Waals surface area (Å²) in [7, 11) is 2.33. The van der Waals surface area contributed by atoms with Crippen molar-refractivity contribution in [1.82, 2.24) is 5.32 Å². The van der Waals surface area contributed by atoms with Crippen molar-refractivity contribution in [3.63, 3.8) is 0 Å². The summed E-state index contributed by atoms with van der Waals surface area (Å²) >= 11 is 0. The Labute approximate surface area is 133 Å². The van der Waals surface area contributed by atoms with E-state index in [2.05, 4.69) is 10.1 Å². The van der Waals surface area contributed by atoms with Gasteiger partial charge >= 0.3 is 5.97 Å². The van der Waals surface area contributed by atoms with E-state index in [9.17, 15) is 24.9 Å². The van der Waals surface area contributed by atoms with Crippen LogP contribution in [0.3, 0.4) is 0 Å². The number of carbonyl (C=O) groups is 2. The summed E-state index contributed by atoms with van der Waals surface area (Å²) in [5, 5.41) is 41.5. The summed E-state index contributed by atoms with van der Waals surface area (Å²) in [5.74, 6) is -4.01. The minimum Gasteiger partial charge on any atom is -0.465 e. The van der Waals surface area contributed by atoms with Gasteiger partial charge in [-0.15, -0.1) is 0 Å². The first-order valence-corrected chi connectivity index (χ1v) is 6.95. The molecule has 0 saturated carbocycles. The fraction of sp³-hybridized carbons (Fsp3) is 0.846. The van der Waals surface area contributed by atoms with Gasteiger partial charge in [-0.05, 0) is 0 Å². The van der Waals surface area contributed by atoms with Crippen molar-refractivity contribution >= 4 is 11.9 Å². The quantitative estimate of drug-likeness (QED) is 0.316. The number of hydrogen-bond acceptors (Lipinski definition) is 9. The lowest BCUT2D eigenvalue weighted by Gasteiger charge is -2.46. The first kappa shape index (κ1) is 19.7. The van der Waals surface area contributed by atoms with E-state index in [-0.39, 0.29) is 6.42 Å². The molecular weight excluding hydrogens is 314 g/mol. The van der Waals surface area contributed by atoms with Crippen molar-refractivity contribution in [2.45, 2.75) is 49.6 Å². The molecule has 0 bridgehead atoms. The highest BCUT2D eigenvalue weighted by Gasteiger charge is 2.54. The van der Waals surface area contributed by atoms with Gasteiger partial charge in [-0.3, -0.25) is 4.79 Å². The molecule has 1 amide bonds. The van der Waals surface area contributed by atoms with Gasteiger partial charge < -0.3 is 40.0 Å². The highest BCUT2D eigenvalue weighted by Crippen LogP contribution is 2.32. The van der Waals surface area contributed by atoms with Gasteiger partial charge in [0.15, 0.2) is 0 Å². The zero-order chi connectivity index (χ0) is 17.8. The molecule has 23 heavy (non-hydrogen) atoms. The number of esters is 1. The second-order valence-corrected chi connectivity index (χ2v) is 5.30. The van der Waals surface area contributed by atoms with Gasteiger partial charge in [-0.1, -0.05) is 0 Å². The summed E-state index contributed by atoms with van der Waals surface area (Å²) in [4.78, 5) is 23.1. The van der Waals surface area contributed by atoms with Crippen LogP contribution in [-0.4, -0.2) is 89.4 Å². The number of aliphatic hydroxyl groups excluding tert-OH is 3. The first-order chi connectivity index (χ1) is 10.7. The summed E-state index contributed by atoms with van der Waals surface area (Å²) in [6, 6.07) is -0.973. The van der Waals surface area contributed by atoms with E-state index in [4.69, 9.17) is 14.6 Å². The van der Waals surface area contributed by atoms with E-state index < -0.39 is 54.7 Å². The van der Waals surface area contributed by atoms with Gasteiger partial charge in [-0.25, -0.2) is 4.79 Å². The average Bonchev–Trinajstić information content (AvgIpc) is 2.53. The minimum atomic E-state index is -2.43. The third-order valence-electron chi connectivity index (χ3n) is 3.66. The summed E-state index contributed by atoms with van der Waals surface area (Å²) < 4.78 is 14.9. The zero-order valence-electron chi connectivity index (χ0n) is 13.1. The molecule has 1 aliphatic rings. The monoisotopic (exact) mass is 337 g/mol. The van der Waals surface area contributed by atoms with E-state index in [1.807, 2.05) is 0 Å². The van der Waals surface area contributed by atoms with Crippen LogP contribution in [-0.2, 0) is 23.8 Å². The Morgan fingerprint density at radius 3 is 2.43 bits per heavy atom. The average molecular weight is 337 g/mol. The van der Waals surface area contributed by atoms with Crippen LogP contribution in [0.2, 0.25) is 0 Å². The lowest BCUT2D eigenvalue weighted by Crippen LogP contribution is -2.67. The SMILES string of the molecule is COC(=O)[C@@]1(O)C[C@H](OC)[C@@H](NC(C)=O)[C@H]([C@H](O)[C@H](O)CO)O1. The van der Waals surface area contributed by atoms with Crippen LogP contribution >= 0.6 is 0 Å². The number of aliphatic hydroxyl groups is 4. The summed E-state index contributed by atoms with van der Waals surface area (Å²) in [6.45, 7) is 0.432. The molecule has 1 aliphatic heterocycles. The van der Waals surface area contributed by atoms with E-state index >= 15 is 0 Å². The fourth-order valence-corrected chi connectivity index (χ4v) is 2.50. The van der Waals surface area contributed by atoms with Crippen LogP contribution in [0.15, 0.2) is 0 Å². The molecule has 0 spiro atoms. The van der Waals surface area contributed by atoms with Crippen molar-refractivity contribution in [1.29, 1.82) is 0 Å². The molecule has 1 rings (SSSR count). The summed E-state index contributed by atoms with van der Waals surface area (Å²) in [6.07, 6.45) is -6.02. The zero-order valence-corrected chi connectivity index (χ0v) is 13.1. The molecule has 10 nitrogen and oxygen atoms in total. The number of methoxy groups -OCH3 is 2. The lowest BCUT2D eigenvalue weighted by molar-refractivity contribution is -0.298. The molecule has 0 aromatic heterocycles. The van der Waals surface area contributed by atoms with Gasteiger partial charge in [0.1, 0.15) is 18.3 Å². The number of carbonyl (C=O) groups excluding carboxylic acids is 2. The minimum absolute atomic E-state index is 0.362. The maximum atomic E-state index is 11.8. The predicted octanol–water partition coefficient (Wildman–Crippen LogP) is -3.13. The van der Waals surface area contributed by atoms with Gasteiger partial charge in [0.2, 0.25) is 5.91 Å². The number of hydrogen-bond donors (Lipinski definition) is 5. The normalized spacial score (nSPS) is 33.6. The third-order valence-corrected chi connectivity index (χ3v) is 3.66. The maximum absolute atomic E-state index is 11.8.